The fourth-order valence-corrected chi connectivity index (χ4v) is 3.76. The van der Waals surface area contributed by atoms with E-state index in [1.54, 1.807) is 29.8 Å². The fraction of sp³-hybridized carbons (Fsp3) is 0.474. The minimum Gasteiger partial charge on any atom is -0.339 e. The Morgan fingerprint density at radius 3 is 2.70 bits per heavy atom. The van der Waals surface area contributed by atoms with Crippen LogP contribution in [0.5, 0.6) is 0 Å². The van der Waals surface area contributed by atoms with E-state index in [-0.39, 0.29) is 11.8 Å². The van der Waals surface area contributed by atoms with Crippen LogP contribution in [0.4, 0.5) is 10.9 Å². The van der Waals surface area contributed by atoms with Gasteiger partial charge in [-0.2, -0.15) is 0 Å². The molecule has 0 atom stereocenters. The highest BCUT2D eigenvalue weighted by Crippen LogP contribution is 2.32. The molecule has 0 saturated carbocycles. The molecule has 1 amide bonds. The Morgan fingerprint density at radius 1 is 1.30 bits per heavy atom. The number of piperidine rings is 1. The van der Waals surface area contributed by atoms with Gasteiger partial charge in [0.05, 0.1) is 5.69 Å². The number of likely N-dealkylation sites (N-methyl/N-ethyl adjacent to an activating group) is 1. The molecule has 7 nitrogen and oxygen atoms in total. The average molecular weight is 387 g/mol. The molecule has 0 unspecified atom stereocenters. The Bertz CT molecular complexity index is 795. The fourth-order valence-electron chi connectivity index (χ4n) is 3.10. The van der Waals surface area contributed by atoms with Gasteiger partial charge in [0.15, 0.2) is 10.9 Å². The van der Waals surface area contributed by atoms with Crippen LogP contribution < -0.4 is 5.32 Å². The van der Waals surface area contributed by atoms with E-state index >= 15 is 0 Å². The lowest BCUT2D eigenvalue weighted by Crippen LogP contribution is -2.37. The molecule has 2 aromatic rings. The minimum absolute atomic E-state index is 0.0889. The molecule has 3 rings (SSSR count). The van der Waals surface area contributed by atoms with E-state index in [0.29, 0.717) is 0 Å². The number of aromatic nitrogens is 3. The summed E-state index contributed by atoms with van der Waals surface area (Å²) < 4.78 is 0. The third-order valence-corrected chi connectivity index (χ3v) is 5.33. The zero-order valence-electron chi connectivity index (χ0n) is 16.1. The number of anilines is 2. The molecule has 0 radical (unpaired) electrons. The molecule has 0 aliphatic carbocycles. The molecule has 2 aromatic heterocycles. The molecule has 1 saturated heterocycles. The van der Waals surface area contributed by atoms with E-state index in [2.05, 4.69) is 20.3 Å². The number of likely N-dealkylation sites (tertiary alicyclic amines) is 1. The number of aryl methyl sites for hydroxylation is 1. The summed E-state index contributed by atoms with van der Waals surface area (Å²) in [6.07, 6.45) is 10.6. The average Bonchev–Trinajstić information content (AvgIpc) is 3.07. The third kappa shape index (κ3) is 5.33. The molecule has 8 heteroatoms. The number of thiazole rings is 1. The SMILES string of the molecule is Cc1cnc(Nc2nccnc2C2CCN(C(=O)C=CCN(C)C)CC2)s1. The van der Waals surface area contributed by atoms with Gasteiger partial charge >= 0.3 is 0 Å². The van der Waals surface area contributed by atoms with Crippen LogP contribution in [-0.2, 0) is 4.79 Å². The number of carbonyl (C=O) groups excluding carboxylic acids is 1. The van der Waals surface area contributed by atoms with Crippen molar-refractivity contribution in [2.75, 3.05) is 39.0 Å². The van der Waals surface area contributed by atoms with Crippen molar-refractivity contribution in [3.8, 4) is 0 Å². The van der Waals surface area contributed by atoms with Gasteiger partial charge in [-0.15, -0.1) is 11.3 Å². The summed E-state index contributed by atoms with van der Waals surface area (Å²) in [6.45, 7) is 4.28. The topological polar surface area (TPSA) is 74.2 Å². The Kier molecular flexibility index (Phi) is 6.52. The van der Waals surface area contributed by atoms with Gasteiger partial charge in [0, 0.05) is 55.1 Å². The number of nitrogens with zero attached hydrogens (tertiary/aromatic N) is 5. The van der Waals surface area contributed by atoms with Gasteiger partial charge in [-0.3, -0.25) is 9.78 Å². The number of rotatable bonds is 6. The summed E-state index contributed by atoms with van der Waals surface area (Å²) in [7, 11) is 3.97. The molecule has 27 heavy (non-hydrogen) atoms. The lowest BCUT2D eigenvalue weighted by atomic mass is 9.93. The van der Waals surface area contributed by atoms with Crippen LogP contribution in [0.1, 0.15) is 29.3 Å². The van der Waals surface area contributed by atoms with E-state index in [9.17, 15) is 4.79 Å². The first-order valence-corrected chi connectivity index (χ1v) is 9.95. The maximum Gasteiger partial charge on any atom is 0.246 e. The van der Waals surface area contributed by atoms with Crippen LogP contribution >= 0.6 is 11.3 Å². The predicted octanol–water partition coefficient (Wildman–Crippen LogP) is 2.81. The third-order valence-electron chi connectivity index (χ3n) is 4.50. The van der Waals surface area contributed by atoms with Crippen molar-refractivity contribution in [1.82, 2.24) is 24.8 Å². The van der Waals surface area contributed by atoms with Gasteiger partial charge in [0.25, 0.3) is 0 Å². The highest BCUT2D eigenvalue weighted by molar-refractivity contribution is 7.15. The van der Waals surface area contributed by atoms with Crippen molar-refractivity contribution in [3.05, 3.63) is 41.3 Å². The van der Waals surface area contributed by atoms with Crippen LogP contribution in [0.25, 0.3) is 0 Å². The quantitative estimate of drug-likeness (QED) is 0.770. The van der Waals surface area contributed by atoms with Crippen molar-refractivity contribution >= 4 is 28.2 Å². The largest absolute Gasteiger partial charge is 0.339 e. The maximum atomic E-state index is 12.3. The van der Waals surface area contributed by atoms with Crippen LogP contribution in [-0.4, -0.2) is 64.4 Å². The summed E-state index contributed by atoms with van der Waals surface area (Å²) in [4.78, 5) is 30.8. The van der Waals surface area contributed by atoms with Crippen LogP contribution in [0.2, 0.25) is 0 Å². The second-order valence-electron chi connectivity index (χ2n) is 6.96. The molecule has 144 valence electrons. The van der Waals surface area contributed by atoms with Gasteiger partial charge in [-0.05, 0) is 33.9 Å². The van der Waals surface area contributed by atoms with Crippen LogP contribution in [0.3, 0.4) is 0 Å². The normalized spacial score (nSPS) is 15.6. The molecule has 1 aliphatic heterocycles. The second kappa shape index (κ2) is 9.05. The molecular weight excluding hydrogens is 360 g/mol. The standard InChI is InChI=1S/C19H26N6OS/c1-14-13-22-19(27-14)23-18-17(20-8-9-21-18)15-6-11-25(12-7-15)16(26)5-4-10-24(2)3/h4-5,8-9,13,15H,6-7,10-12H2,1-3H3,(H,21,22,23). The van der Waals surface area contributed by atoms with Gasteiger partial charge in [-0.25, -0.2) is 9.97 Å². The Labute approximate surface area is 164 Å². The number of carbonyl (C=O) groups is 1. The first-order chi connectivity index (χ1) is 13.0. The van der Waals surface area contributed by atoms with Crippen molar-refractivity contribution in [3.63, 3.8) is 0 Å². The molecule has 0 aromatic carbocycles. The first kappa shape index (κ1) is 19.4. The summed E-state index contributed by atoms with van der Waals surface area (Å²) >= 11 is 1.60. The summed E-state index contributed by atoms with van der Waals surface area (Å²) in [5, 5.41) is 4.13. The molecule has 1 N–H and O–H groups in total. The molecule has 1 aliphatic rings. The van der Waals surface area contributed by atoms with Gasteiger partial charge in [0.1, 0.15) is 0 Å². The first-order valence-electron chi connectivity index (χ1n) is 9.13. The number of hydrogen-bond donors (Lipinski definition) is 1. The van der Waals surface area contributed by atoms with Crippen molar-refractivity contribution in [2.45, 2.75) is 25.7 Å². The molecule has 1 fully saturated rings. The van der Waals surface area contributed by atoms with E-state index in [1.165, 1.54) is 0 Å². The Balaban J connectivity index is 1.61. The Hall–Kier alpha value is -2.32. The monoisotopic (exact) mass is 386 g/mol. The summed E-state index contributed by atoms with van der Waals surface area (Å²) in [5.74, 6) is 1.14. The zero-order valence-corrected chi connectivity index (χ0v) is 16.9. The molecule has 3 heterocycles. The molecular formula is C19H26N6OS. The van der Waals surface area contributed by atoms with E-state index < -0.39 is 0 Å². The predicted molar refractivity (Wildman–Crippen MR) is 108 cm³/mol. The lowest BCUT2D eigenvalue weighted by molar-refractivity contribution is -0.127. The number of nitrogens with one attached hydrogen (secondary N) is 1. The van der Waals surface area contributed by atoms with Gasteiger partial charge in [0.2, 0.25) is 5.91 Å². The van der Waals surface area contributed by atoms with Gasteiger partial charge < -0.3 is 15.1 Å². The van der Waals surface area contributed by atoms with Crippen molar-refractivity contribution in [1.29, 1.82) is 0 Å². The zero-order chi connectivity index (χ0) is 19.2. The van der Waals surface area contributed by atoms with Gasteiger partial charge in [-0.1, -0.05) is 6.08 Å². The molecule has 0 bridgehead atoms. The highest BCUT2D eigenvalue weighted by atomic mass is 32.1. The van der Waals surface area contributed by atoms with Crippen LogP contribution in [0, 0.1) is 6.92 Å². The maximum absolute atomic E-state index is 12.3. The molecule has 0 spiro atoms. The second-order valence-corrected chi connectivity index (χ2v) is 8.19. The number of amides is 1. The van der Waals surface area contributed by atoms with E-state index in [4.69, 9.17) is 0 Å². The smallest absolute Gasteiger partial charge is 0.246 e. The van der Waals surface area contributed by atoms with Crippen molar-refractivity contribution in [2.24, 2.45) is 0 Å². The lowest BCUT2D eigenvalue weighted by Gasteiger charge is -2.31. The Morgan fingerprint density at radius 2 is 2.04 bits per heavy atom. The van der Waals surface area contributed by atoms with E-state index in [0.717, 1.165) is 54.0 Å². The minimum atomic E-state index is 0.0889. The number of hydrogen-bond acceptors (Lipinski definition) is 7. The van der Waals surface area contributed by atoms with E-state index in [1.807, 2.05) is 43.1 Å². The van der Waals surface area contributed by atoms with Crippen LogP contribution in [0.15, 0.2) is 30.7 Å². The highest BCUT2D eigenvalue weighted by Gasteiger charge is 2.26. The summed E-state index contributed by atoms with van der Waals surface area (Å²) in [5.41, 5.74) is 0.959. The summed E-state index contributed by atoms with van der Waals surface area (Å²) in [6, 6.07) is 0. The van der Waals surface area contributed by atoms with Crippen molar-refractivity contribution < 1.29 is 4.79 Å².